The Bertz CT molecular complexity index is 3830. The minimum absolute atomic E-state index is 0.0877. The van der Waals surface area contributed by atoms with Crippen molar-refractivity contribution in [2.75, 3.05) is 81.6 Å². The molecule has 0 spiro atoms. The van der Waals surface area contributed by atoms with E-state index in [4.69, 9.17) is 10.6 Å². The summed E-state index contributed by atoms with van der Waals surface area (Å²) in [5.41, 5.74) is 0.710. The van der Waals surface area contributed by atoms with Gasteiger partial charge in [-0.15, -0.1) is 22.2 Å². The minimum atomic E-state index is -0.372. The molecule has 0 atom stereocenters. The lowest BCUT2D eigenvalue weighted by molar-refractivity contribution is -0.174. The first-order valence-corrected chi connectivity index (χ1v) is 55.1. The SMILES string of the molecule is C=C(C)CN1C(C)(C)C(C)(C)NC(C)(C)C(C)(C)N(CC(=C)C)C(C)(C)C(C)(C)N(CC(=C)C)C(C)(C)C1(C)C.C=C(C)CN1C(C)(C)C(C)(C)[N-]C(C)(C)C(C)(C)N(CC(=C)C)C(C)(C)C(C)(C)N(CC(=C)C)C(C)(C)C1(C)C.CN1C(C)(C)C(C)(C)NC(C)(C)C(C)(C)N(C)C(C)(C)C(C)(C)N(C)C(C)(C)C1(C)C.CN1C(C)(C)C(C)(C)[N-]C(C)(C)C(C)(C)N(C)C(C)(C)C(C)(C)N(C)C(C)(C)C1(C)C. The van der Waals surface area contributed by atoms with Crippen LogP contribution in [0.1, 0.15) is 485 Å². The first kappa shape index (κ1) is 138. The van der Waals surface area contributed by atoms with Crippen molar-refractivity contribution in [3.63, 3.8) is 0 Å². The molecular formula is C126H254N16-2. The van der Waals surface area contributed by atoms with Crippen LogP contribution in [0, 0.1) is 0 Å². The first-order chi connectivity index (χ1) is 61.0. The van der Waals surface area contributed by atoms with Crippen molar-refractivity contribution in [1.82, 2.24) is 69.4 Å². The molecule has 840 valence electrons. The number of hydrogen-bond acceptors (Lipinski definition) is 14. The van der Waals surface area contributed by atoms with E-state index in [0.29, 0.717) is 0 Å². The largest absolute Gasteiger partial charge is 0.649 e. The number of nitrogens with zero attached hydrogens (tertiary/aromatic N) is 14. The second-order valence-electron chi connectivity index (χ2n) is 63.2. The van der Waals surface area contributed by atoms with Gasteiger partial charge in [0.15, 0.2) is 0 Å². The summed E-state index contributed by atoms with van der Waals surface area (Å²) < 4.78 is 0. The monoisotopic (exact) mass is 1990 g/mol. The highest BCUT2D eigenvalue weighted by molar-refractivity contribution is 5.35. The molecule has 4 heterocycles. The summed E-state index contributed by atoms with van der Waals surface area (Å²) >= 11 is 0. The summed E-state index contributed by atoms with van der Waals surface area (Å²) in [6.07, 6.45) is 0. The summed E-state index contributed by atoms with van der Waals surface area (Å²) in [5.74, 6) is 0. The van der Waals surface area contributed by atoms with Gasteiger partial charge in [-0.25, -0.2) is 0 Å². The Hall–Kier alpha value is -2.20. The van der Waals surface area contributed by atoms with Crippen LogP contribution in [0.4, 0.5) is 0 Å². The van der Waals surface area contributed by atoms with Gasteiger partial charge in [-0.05, 0) is 472 Å². The average Bonchev–Trinajstić information content (AvgIpc) is 0.705. The van der Waals surface area contributed by atoms with Crippen molar-refractivity contribution in [3.8, 4) is 0 Å². The lowest BCUT2D eigenvalue weighted by Crippen LogP contribution is -2.83. The van der Waals surface area contributed by atoms with Crippen LogP contribution < -0.4 is 10.6 Å². The van der Waals surface area contributed by atoms with Crippen molar-refractivity contribution >= 4 is 0 Å². The highest BCUT2D eigenvalue weighted by Crippen LogP contribution is 2.59. The third kappa shape index (κ3) is 23.1. The highest BCUT2D eigenvalue weighted by Gasteiger charge is 2.68. The predicted molar refractivity (Wildman–Crippen MR) is 639 cm³/mol. The van der Waals surface area contributed by atoms with Crippen molar-refractivity contribution in [1.29, 1.82) is 0 Å². The molecular weight excluding hydrogens is 1740 g/mol. The summed E-state index contributed by atoms with van der Waals surface area (Å²) in [6.45, 7) is 198. The van der Waals surface area contributed by atoms with Gasteiger partial charge in [-0.3, -0.25) is 58.8 Å². The van der Waals surface area contributed by atoms with E-state index in [9.17, 15) is 0 Å². The normalized spacial score (nSPS) is 29.8. The molecule has 0 radical (unpaired) electrons. The molecule has 0 amide bonds. The second-order valence-corrected chi connectivity index (χ2v) is 63.2. The van der Waals surface area contributed by atoms with E-state index < -0.39 is 0 Å². The van der Waals surface area contributed by atoms with E-state index in [2.05, 4.69) is 636 Å². The Kier molecular flexibility index (Phi) is 39.7. The Morgan fingerprint density at radius 1 is 0.148 bits per heavy atom. The summed E-state index contributed by atoms with van der Waals surface area (Å²) in [4.78, 5) is 32.0. The summed E-state index contributed by atoms with van der Waals surface area (Å²) in [7, 11) is 13.9. The molecule has 0 saturated carbocycles. The molecule has 2 N–H and O–H groups in total. The maximum Gasteiger partial charge on any atom is 0.0341 e. The van der Waals surface area contributed by atoms with Crippen LogP contribution in [-0.2, 0) is 0 Å². The standard InChI is InChI=1S/C36H70N4.C36H69N4.C27H58N4.C27H57N4/c2*1-26(2)23-38-31(11,12)29(7,8)37-30(9,10)32(13,14)39(24-27(3)4)34(17,18)36(21,22)40(25-28(5)6)35(19,20)33(38,15)16;2*1-20(2)22(5,6)29(17)24(9,10)26(13,14)31(19)27(15,16)25(11,12)30(18)23(7,8)21(3,4)28-20/h37H,1,3,5,23-25H2,2,4,6-22H3;1,3,5,23-25H2,2,4,6-22H3;28H,1-19H3;1-19H3/q;-1;;-1. The molecule has 4 aliphatic heterocycles. The van der Waals surface area contributed by atoms with Gasteiger partial charge in [0.25, 0.3) is 0 Å². The van der Waals surface area contributed by atoms with Crippen LogP contribution in [0.5, 0.6) is 0 Å². The quantitative estimate of drug-likeness (QED) is 0.182. The van der Waals surface area contributed by atoms with Crippen LogP contribution in [0.3, 0.4) is 0 Å². The van der Waals surface area contributed by atoms with Crippen molar-refractivity contribution < 1.29 is 0 Å². The van der Waals surface area contributed by atoms with E-state index in [0.717, 1.165) is 50.4 Å². The molecule has 16 nitrogen and oxygen atoms in total. The lowest BCUT2D eigenvalue weighted by atomic mass is 9.65. The Morgan fingerprint density at radius 2 is 0.246 bits per heavy atom. The van der Waals surface area contributed by atoms with Crippen LogP contribution in [-0.4, -0.2) is 318 Å². The van der Waals surface area contributed by atoms with E-state index in [1.807, 2.05) is 0 Å². The van der Waals surface area contributed by atoms with Gasteiger partial charge in [0.05, 0.1) is 0 Å². The van der Waals surface area contributed by atoms with Crippen LogP contribution >= 0.6 is 0 Å². The van der Waals surface area contributed by atoms with Gasteiger partial charge in [0.2, 0.25) is 0 Å². The number of hydrogen-bond donors (Lipinski definition) is 2. The topological polar surface area (TPSA) is 91.1 Å². The molecule has 0 aliphatic carbocycles. The third-order valence-corrected chi connectivity index (χ3v) is 47.2. The molecule has 4 aliphatic rings. The summed E-state index contributed by atoms with van der Waals surface area (Å²) in [6, 6.07) is 0. The highest BCUT2D eigenvalue weighted by atomic mass is 15.5. The molecule has 0 aromatic heterocycles. The molecule has 4 fully saturated rings. The second kappa shape index (κ2) is 40.9. The van der Waals surface area contributed by atoms with Crippen molar-refractivity contribution in [3.05, 3.63) is 83.5 Å². The van der Waals surface area contributed by atoms with E-state index in [1.54, 1.807) is 0 Å². The third-order valence-electron chi connectivity index (χ3n) is 47.2. The van der Waals surface area contributed by atoms with Gasteiger partial charge in [-0.1, -0.05) is 128 Å². The molecule has 0 aromatic rings. The zero-order valence-electron chi connectivity index (χ0n) is 111. The first-order valence-electron chi connectivity index (χ1n) is 55.1. The van der Waals surface area contributed by atoms with E-state index in [1.165, 1.54) is 22.3 Å². The average molecular weight is 1990 g/mol. The molecule has 0 aromatic carbocycles. The van der Waals surface area contributed by atoms with Crippen molar-refractivity contribution in [2.24, 2.45) is 0 Å². The van der Waals surface area contributed by atoms with Crippen LogP contribution in [0.25, 0.3) is 10.6 Å². The van der Waals surface area contributed by atoms with E-state index >= 15 is 0 Å². The maximum atomic E-state index is 5.82. The number of rotatable bonds is 12. The zero-order chi connectivity index (χ0) is 115. The maximum absolute atomic E-state index is 5.82. The van der Waals surface area contributed by atoms with Crippen molar-refractivity contribution in [2.45, 2.75) is 662 Å². The van der Waals surface area contributed by atoms with Gasteiger partial charge in [-0.2, -0.15) is 0 Å². The molecule has 142 heavy (non-hydrogen) atoms. The van der Waals surface area contributed by atoms with Gasteiger partial charge < -0.3 is 21.3 Å². The molecule has 0 unspecified atom stereocenters. The van der Waals surface area contributed by atoms with Crippen LogP contribution in [0.2, 0.25) is 0 Å². The smallest absolute Gasteiger partial charge is 0.0341 e. The Balaban J connectivity index is 0.000000953. The predicted octanol–water partition coefficient (Wildman–Crippen LogP) is 29.7. The zero-order valence-corrected chi connectivity index (χ0v) is 111. The fourth-order valence-corrected chi connectivity index (χ4v) is 25.4. The van der Waals surface area contributed by atoms with Gasteiger partial charge >= 0.3 is 0 Å². The molecule has 16 heteroatoms. The van der Waals surface area contributed by atoms with Gasteiger partial charge in [0, 0.05) is 194 Å². The van der Waals surface area contributed by atoms with Crippen LogP contribution in [0.15, 0.2) is 72.9 Å². The van der Waals surface area contributed by atoms with E-state index in [-0.39, 0.29) is 177 Å². The Labute approximate surface area is 891 Å². The lowest BCUT2D eigenvalue weighted by Gasteiger charge is -2.74. The molecule has 4 rings (SSSR count). The molecule has 4 saturated heterocycles. The fourth-order valence-electron chi connectivity index (χ4n) is 25.4. The molecule has 0 bridgehead atoms. The number of likely N-dealkylation sites (N-methyl/N-ethyl adjacent to an activating group) is 6. The number of nitrogens with one attached hydrogen (secondary N) is 2. The fraction of sp³-hybridized carbons (Fsp3) is 0.905. The van der Waals surface area contributed by atoms with Gasteiger partial charge in [0.1, 0.15) is 0 Å². The Morgan fingerprint density at radius 3 is 0.380 bits per heavy atom. The summed E-state index contributed by atoms with van der Waals surface area (Å²) in [5, 5.41) is 19.8. The minimum Gasteiger partial charge on any atom is -0.649 e.